The second-order valence-electron chi connectivity index (χ2n) is 7.96. The molecule has 0 radical (unpaired) electrons. The van der Waals surface area contributed by atoms with E-state index in [2.05, 4.69) is 27.7 Å². The predicted molar refractivity (Wildman–Crippen MR) is 80.6 cm³/mol. The summed E-state index contributed by atoms with van der Waals surface area (Å²) in [6.45, 7) is 10.1. The Labute approximate surface area is 115 Å². The van der Waals surface area contributed by atoms with Crippen molar-refractivity contribution in [2.24, 2.45) is 29.1 Å². The predicted octanol–water partition coefficient (Wildman–Crippen LogP) is 6.06. The van der Waals surface area contributed by atoms with Crippen molar-refractivity contribution in [3.63, 3.8) is 0 Å². The van der Waals surface area contributed by atoms with Crippen molar-refractivity contribution in [2.45, 2.75) is 85.5 Å². The van der Waals surface area contributed by atoms with Crippen molar-refractivity contribution in [3.8, 4) is 0 Å². The first-order valence-electron chi connectivity index (χ1n) is 8.53. The lowest BCUT2D eigenvalue weighted by Crippen LogP contribution is -2.41. The number of rotatable bonds is 3. The molecule has 0 heteroatoms. The second kappa shape index (κ2) is 5.97. The summed E-state index contributed by atoms with van der Waals surface area (Å²) >= 11 is 0. The monoisotopic (exact) mass is 250 g/mol. The molecule has 0 amide bonds. The first kappa shape index (κ1) is 14.4. The van der Waals surface area contributed by atoms with Crippen LogP contribution in [-0.4, -0.2) is 0 Å². The molecule has 0 bridgehead atoms. The summed E-state index contributed by atoms with van der Waals surface area (Å²) in [6, 6.07) is 0. The van der Waals surface area contributed by atoms with Gasteiger partial charge < -0.3 is 0 Å². The molecule has 18 heavy (non-hydrogen) atoms. The van der Waals surface area contributed by atoms with E-state index in [1.807, 2.05) is 0 Å². The topological polar surface area (TPSA) is 0 Å². The minimum absolute atomic E-state index is 0.593. The van der Waals surface area contributed by atoms with Gasteiger partial charge in [-0.05, 0) is 54.8 Å². The van der Waals surface area contributed by atoms with E-state index in [1.165, 1.54) is 57.8 Å². The first-order valence-corrected chi connectivity index (χ1v) is 8.53. The fraction of sp³-hybridized carbons (Fsp3) is 1.00. The van der Waals surface area contributed by atoms with Crippen LogP contribution in [0.4, 0.5) is 0 Å². The average molecular weight is 250 g/mol. The number of hydrogen-bond acceptors (Lipinski definition) is 0. The lowest BCUT2D eigenvalue weighted by atomic mass is 9.56. The van der Waals surface area contributed by atoms with Gasteiger partial charge in [0.2, 0.25) is 0 Å². The van der Waals surface area contributed by atoms with E-state index in [4.69, 9.17) is 0 Å². The summed E-state index contributed by atoms with van der Waals surface area (Å²) in [6.07, 6.45) is 13.5. The van der Waals surface area contributed by atoms with Gasteiger partial charge in [-0.3, -0.25) is 0 Å². The molecule has 0 heterocycles. The van der Waals surface area contributed by atoms with Crippen LogP contribution in [-0.2, 0) is 0 Å². The molecule has 0 nitrogen and oxygen atoms in total. The van der Waals surface area contributed by atoms with Crippen molar-refractivity contribution in [3.05, 3.63) is 0 Å². The zero-order valence-electron chi connectivity index (χ0n) is 13.2. The lowest BCUT2D eigenvalue weighted by molar-refractivity contribution is 0.00405. The van der Waals surface area contributed by atoms with E-state index >= 15 is 0 Å². The lowest BCUT2D eigenvalue weighted by Gasteiger charge is -2.49. The average Bonchev–Trinajstić information content (AvgIpc) is 2.39. The standard InChI is InChI=1S/C18H34/c1-14(2)16-12-8-9-13-17(16)18(3,4)15-10-6-5-7-11-15/h14-17H,5-13H2,1-4H3. The van der Waals surface area contributed by atoms with Gasteiger partial charge in [0.15, 0.2) is 0 Å². The molecule has 0 aliphatic heterocycles. The van der Waals surface area contributed by atoms with E-state index < -0.39 is 0 Å². The zero-order chi connectivity index (χ0) is 13.2. The minimum atomic E-state index is 0.593. The molecular formula is C18H34. The molecule has 0 saturated heterocycles. The molecule has 2 unspecified atom stereocenters. The van der Waals surface area contributed by atoms with Gasteiger partial charge in [0.05, 0.1) is 0 Å². The minimum Gasteiger partial charge on any atom is -0.0625 e. The van der Waals surface area contributed by atoms with Crippen molar-refractivity contribution < 1.29 is 0 Å². The highest BCUT2D eigenvalue weighted by Gasteiger charge is 2.42. The van der Waals surface area contributed by atoms with Crippen molar-refractivity contribution in [1.82, 2.24) is 0 Å². The molecule has 0 spiro atoms. The molecule has 0 aromatic heterocycles. The summed E-state index contributed by atoms with van der Waals surface area (Å²) in [5, 5.41) is 0. The SMILES string of the molecule is CC(C)C1CCCCC1C(C)(C)C1CCCCC1. The van der Waals surface area contributed by atoms with Gasteiger partial charge in [-0.1, -0.05) is 59.8 Å². The van der Waals surface area contributed by atoms with Crippen molar-refractivity contribution in [1.29, 1.82) is 0 Å². The molecule has 2 atom stereocenters. The van der Waals surface area contributed by atoms with Crippen LogP contribution in [0.2, 0.25) is 0 Å². The largest absolute Gasteiger partial charge is 0.0625 e. The summed E-state index contributed by atoms with van der Waals surface area (Å²) < 4.78 is 0. The van der Waals surface area contributed by atoms with Crippen LogP contribution in [0.5, 0.6) is 0 Å². The molecule has 0 aromatic rings. The molecule has 106 valence electrons. The van der Waals surface area contributed by atoms with Crippen LogP contribution in [0.15, 0.2) is 0 Å². The Hall–Kier alpha value is 0. The maximum atomic E-state index is 2.61. The fourth-order valence-electron chi connectivity index (χ4n) is 5.03. The van der Waals surface area contributed by atoms with E-state index in [0.29, 0.717) is 5.41 Å². The van der Waals surface area contributed by atoms with Crippen LogP contribution >= 0.6 is 0 Å². The maximum Gasteiger partial charge on any atom is -0.0295 e. The Bertz CT molecular complexity index is 245. The third-order valence-electron chi connectivity index (χ3n) is 6.29. The third-order valence-corrected chi connectivity index (χ3v) is 6.29. The van der Waals surface area contributed by atoms with E-state index in [9.17, 15) is 0 Å². The second-order valence-corrected chi connectivity index (χ2v) is 7.96. The van der Waals surface area contributed by atoms with Gasteiger partial charge in [-0.25, -0.2) is 0 Å². The molecule has 0 aromatic carbocycles. The van der Waals surface area contributed by atoms with Gasteiger partial charge >= 0.3 is 0 Å². The highest BCUT2D eigenvalue weighted by molar-refractivity contribution is 4.92. The summed E-state index contributed by atoms with van der Waals surface area (Å²) in [4.78, 5) is 0. The molecule has 2 rings (SSSR count). The molecule has 2 saturated carbocycles. The Morgan fingerprint density at radius 2 is 1.33 bits per heavy atom. The van der Waals surface area contributed by atoms with Crippen LogP contribution < -0.4 is 0 Å². The van der Waals surface area contributed by atoms with Gasteiger partial charge in [-0.2, -0.15) is 0 Å². The molecule has 2 aliphatic rings. The summed E-state index contributed by atoms with van der Waals surface area (Å²) in [5.41, 5.74) is 0.593. The van der Waals surface area contributed by atoms with Crippen molar-refractivity contribution >= 4 is 0 Å². The normalized spacial score (nSPS) is 31.8. The van der Waals surface area contributed by atoms with E-state index in [-0.39, 0.29) is 0 Å². The Balaban J connectivity index is 2.09. The van der Waals surface area contributed by atoms with Crippen LogP contribution in [0, 0.1) is 29.1 Å². The van der Waals surface area contributed by atoms with Crippen LogP contribution in [0.25, 0.3) is 0 Å². The first-order chi connectivity index (χ1) is 8.53. The number of hydrogen-bond donors (Lipinski definition) is 0. The van der Waals surface area contributed by atoms with Crippen LogP contribution in [0.3, 0.4) is 0 Å². The Morgan fingerprint density at radius 1 is 0.778 bits per heavy atom. The summed E-state index contributed by atoms with van der Waals surface area (Å²) in [5.74, 6) is 3.89. The van der Waals surface area contributed by atoms with Gasteiger partial charge in [0.1, 0.15) is 0 Å². The van der Waals surface area contributed by atoms with Gasteiger partial charge in [0.25, 0.3) is 0 Å². The molecule has 2 fully saturated rings. The van der Waals surface area contributed by atoms with E-state index in [1.54, 1.807) is 0 Å². The smallest absolute Gasteiger partial charge is 0.0295 e. The quantitative estimate of drug-likeness (QED) is 0.571. The van der Waals surface area contributed by atoms with Crippen LogP contribution in [0.1, 0.15) is 85.5 Å². The molecule has 0 N–H and O–H groups in total. The highest BCUT2D eigenvalue weighted by Crippen LogP contribution is 2.51. The zero-order valence-corrected chi connectivity index (χ0v) is 13.2. The Kier molecular flexibility index (Phi) is 4.78. The van der Waals surface area contributed by atoms with Gasteiger partial charge in [-0.15, -0.1) is 0 Å². The molecular weight excluding hydrogens is 216 g/mol. The van der Waals surface area contributed by atoms with Gasteiger partial charge in [0, 0.05) is 0 Å². The summed E-state index contributed by atoms with van der Waals surface area (Å²) in [7, 11) is 0. The highest BCUT2D eigenvalue weighted by atomic mass is 14.5. The van der Waals surface area contributed by atoms with Crippen molar-refractivity contribution in [2.75, 3.05) is 0 Å². The maximum absolute atomic E-state index is 2.61. The Morgan fingerprint density at radius 3 is 1.94 bits per heavy atom. The van der Waals surface area contributed by atoms with E-state index in [0.717, 1.165) is 23.7 Å². The fourth-order valence-corrected chi connectivity index (χ4v) is 5.03. The molecule has 2 aliphatic carbocycles. The third kappa shape index (κ3) is 2.94.